The number of nitriles is 9. The summed E-state index contributed by atoms with van der Waals surface area (Å²) in [6.07, 6.45) is 9.53. The van der Waals surface area contributed by atoms with Crippen molar-refractivity contribution < 1.29 is 0 Å². The van der Waals surface area contributed by atoms with E-state index in [1.165, 1.54) is 27.1 Å². The maximum absolute atomic E-state index is 8.63. The van der Waals surface area contributed by atoms with E-state index in [2.05, 4.69) is 101 Å². The lowest BCUT2D eigenvalue weighted by Crippen LogP contribution is -1.83. The highest BCUT2D eigenvalue weighted by Gasteiger charge is 1.99. The van der Waals surface area contributed by atoms with E-state index in [1.54, 1.807) is 29.9 Å². The summed E-state index contributed by atoms with van der Waals surface area (Å²) in [6.45, 7) is 6.04. The first-order chi connectivity index (χ1) is 44.7. The molecule has 0 bridgehead atoms. The van der Waals surface area contributed by atoms with Crippen molar-refractivity contribution in [3.8, 4) is 54.6 Å². The number of aromatic nitrogens is 2. The van der Waals surface area contributed by atoms with Gasteiger partial charge in [-0.1, -0.05) is 232 Å². The predicted molar refractivity (Wildman–Crippen MR) is 366 cm³/mol. The average Bonchev–Trinajstić information content (AvgIpc) is 2.63. The number of rotatable bonds is 9. The van der Waals surface area contributed by atoms with Crippen LogP contribution in [-0.2, 0) is 57.8 Å². The molecule has 0 atom stereocenters. The van der Waals surface area contributed by atoms with E-state index in [1.807, 2.05) is 232 Å². The van der Waals surface area contributed by atoms with Crippen molar-refractivity contribution in [2.24, 2.45) is 0 Å². The zero-order valence-electron chi connectivity index (χ0n) is 51.6. The van der Waals surface area contributed by atoms with Crippen molar-refractivity contribution in [1.29, 1.82) is 47.4 Å². The Hall–Kier alpha value is -12.3. The van der Waals surface area contributed by atoms with E-state index in [-0.39, 0.29) is 0 Å². The highest BCUT2D eigenvalue weighted by molar-refractivity contribution is 7.09. The van der Waals surface area contributed by atoms with Crippen LogP contribution in [0.25, 0.3) is 21.5 Å². The third kappa shape index (κ3) is 35.0. The number of pyridine rings is 2. The molecule has 11 aromatic rings. The van der Waals surface area contributed by atoms with E-state index in [0.29, 0.717) is 57.8 Å². The van der Waals surface area contributed by atoms with Gasteiger partial charge in [-0.15, -0.1) is 11.3 Å². The summed E-state index contributed by atoms with van der Waals surface area (Å²) in [5.74, 6) is 0. The van der Waals surface area contributed by atoms with Crippen molar-refractivity contribution in [3.63, 3.8) is 0 Å². The topological polar surface area (TPSA) is 240 Å². The third-order valence-corrected chi connectivity index (χ3v) is 12.8. The van der Waals surface area contributed by atoms with Crippen LogP contribution in [0, 0.1) is 109 Å². The van der Waals surface area contributed by atoms with Gasteiger partial charge in [-0.25, -0.2) is 0 Å². The number of hydrogen-bond donors (Lipinski definition) is 0. The van der Waals surface area contributed by atoms with Gasteiger partial charge in [0.1, 0.15) is 0 Å². The fourth-order valence-electron chi connectivity index (χ4n) is 7.50. The van der Waals surface area contributed by atoms with E-state index in [0.717, 1.165) is 49.5 Å². The summed E-state index contributed by atoms with van der Waals surface area (Å²) < 4.78 is 0. The van der Waals surface area contributed by atoms with E-state index < -0.39 is 0 Å². The molecular formula is C79H71N11S. The summed E-state index contributed by atoms with van der Waals surface area (Å²) in [7, 11) is 0. The van der Waals surface area contributed by atoms with Crippen LogP contribution in [0.1, 0.15) is 68.9 Å². The molecule has 3 aromatic heterocycles. The van der Waals surface area contributed by atoms with Crippen LogP contribution in [0.4, 0.5) is 0 Å². The standard InChI is InChI=1S/2C12H9N.C9H9N.3C8H7N.2C7H6N2.C6H5NS.C2H6/c13-9-8-11-6-3-5-10-4-1-2-7-12(10)11;13-8-7-10-5-6-11-3-1-2-4-12(11)9-10;1-8-2-4-9(5-3-8)6-7-10;3*9-7-6-8-4-2-1-3-5-8;8-4-1-7-2-5-9-6-3-7;8-5-4-7-3-1-2-6-9-7;7-4-3-6-2-1-5-8-6;1-2/h1-7H,8H2;1-6,9H,7H2;2-5H,6H2,1H3;3*1-5H,6H2;2-3,5-6H,1H2;1-3,6H,4H2;1-2,5H,3H2;1-2H3. The fraction of sp³-hybridized carbons (Fsp3) is 0.152. The van der Waals surface area contributed by atoms with Gasteiger partial charge in [0.15, 0.2) is 0 Å². The molecule has 0 radical (unpaired) electrons. The Balaban J connectivity index is 0.000000349. The van der Waals surface area contributed by atoms with E-state index in [4.69, 9.17) is 47.4 Å². The first-order valence-corrected chi connectivity index (χ1v) is 29.9. The molecule has 3 heterocycles. The molecule has 0 aliphatic heterocycles. The van der Waals surface area contributed by atoms with Crippen LogP contribution in [-0.4, -0.2) is 9.97 Å². The van der Waals surface area contributed by atoms with Gasteiger partial charge in [-0.2, -0.15) is 47.4 Å². The number of fused-ring (bicyclic) bond motifs is 2. The predicted octanol–water partition coefficient (Wildman–Crippen LogP) is 18.3. The number of thiophene rings is 1. The first kappa shape index (κ1) is 74.8. The average molecular weight is 1210 g/mol. The Morgan fingerprint density at radius 3 is 1.18 bits per heavy atom. The molecule has 12 heteroatoms. The smallest absolute Gasteiger partial charge is 0.0774 e. The van der Waals surface area contributed by atoms with E-state index in [9.17, 15) is 0 Å². The van der Waals surface area contributed by atoms with Crippen molar-refractivity contribution in [2.45, 2.75) is 78.6 Å². The summed E-state index contributed by atoms with van der Waals surface area (Å²) in [5.41, 5.74) is 9.63. The second kappa shape index (κ2) is 51.0. The fourth-order valence-corrected chi connectivity index (χ4v) is 8.13. The van der Waals surface area contributed by atoms with Crippen LogP contribution in [0.3, 0.4) is 0 Å². The number of aryl methyl sites for hydroxylation is 1. The maximum Gasteiger partial charge on any atom is 0.0774 e. The molecule has 8 aromatic carbocycles. The highest BCUT2D eigenvalue weighted by Crippen LogP contribution is 2.19. The quantitative estimate of drug-likeness (QED) is 0.132. The van der Waals surface area contributed by atoms with Crippen LogP contribution >= 0.6 is 11.3 Å². The van der Waals surface area contributed by atoms with Gasteiger partial charge < -0.3 is 0 Å². The largest absolute Gasteiger partial charge is 0.265 e. The molecule has 0 fully saturated rings. The molecule has 0 aliphatic carbocycles. The van der Waals surface area contributed by atoms with Gasteiger partial charge in [-0.3, -0.25) is 9.97 Å². The molecule has 11 nitrogen and oxygen atoms in total. The molecule has 0 spiro atoms. The van der Waals surface area contributed by atoms with Crippen LogP contribution in [0.15, 0.2) is 267 Å². The van der Waals surface area contributed by atoms with Gasteiger partial charge in [0.25, 0.3) is 0 Å². The molecule has 0 unspecified atom stereocenters. The van der Waals surface area contributed by atoms with Gasteiger partial charge >= 0.3 is 0 Å². The van der Waals surface area contributed by atoms with Gasteiger partial charge in [0, 0.05) is 23.5 Å². The Bertz CT molecular complexity index is 3790. The Kier molecular flexibility index (Phi) is 41.9. The molecule has 0 amide bonds. The normalized spacial score (nSPS) is 8.68. The van der Waals surface area contributed by atoms with Crippen molar-refractivity contribution >= 4 is 32.9 Å². The Morgan fingerprint density at radius 1 is 0.308 bits per heavy atom. The third-order valence-electron chi connectivity index (χ3n) is 11.9. The SMILES string of the molecule is CC.Cc1ccc(CC#N)cc1.N#CCc1ccc2ccccc2c1.N#CCc1cccc2ccccc12.N#CCc1ccccc1.N#CCc1ccccc1.N#CCc1ccccc1.N#CCc1ccccn1.N#CCc1cccs1.N#CCc1ccncc1. The monoisotopic (exact) mass is 1210 g/mol. The first-order valence-electron chi connectivity index (χ1n) is 29.0. The number of benzene rings is 8. The zero-order valence-corrected chi connectivity index (χ0v) is 52.4. The second-order valence-corrected chi connectivity index (χ2v) is 19.6. The molecule has 91 heavy (non-hydrogen) atoms. The summed E-state index contributed by atoms with van der Waals surface area (Å²) >= 11 is 1.62. The van der Waals surface area contributed by atoms with Gasteiger partial charge in [0.05, 0.1) is 118 Å². The molecule has 11 rings (SSSR count). The summed E-state index contributed by atoms with van der Waals surface area (Å²) in [6, 6.07) is 97.6. The molecular weight excluding hydrogens is 1140 g/mol. The van der Waals surface area contributed by atoms with E-state index >= 15 is 0 Å². The molecule has 0 saturated carbocycles. The zero-order chi connectivity index (χ0) is 66.0. The Labute approximate surface area is 542 Å². The number of hydrogen-bond acceptors (Lipinski definition) is 12. The molecule has 0 aliphatic rings. The number of nitrogens with zero attached hydrogens (tertiary/aromatic N) is 11. The Morgan fingerprint density at radius 2 is 0.714 bits per heavy atom. The lowest BCUT2D eigenvalue weighted by Gasteiger charge is -2.01. The molecule has 0 N–H and O–H groups in total. The van der Waals surface area contributed by atoms with Crippen LogP contribution < -0.4 is 0 Å². The second-order valence-electron chi connectivity index (χ2n) is 18.5. The van der Waals surface area contributed by atoms with Gasteiger partial charge in [-0.05, 0) is 103 Å². The van der Waals surface area contributed by atoms with Crippen molar-refractivity contribution in [1.82, 2.24) is 9.97 Å². The minimum Gasteiger partial charge on any atom is -0.265 e. The lowest BCUT2D eigenvalue weighted by atomic mass is 10.0. The summed E-state index contributed by atoms with van der Waals surface area (Å²) in [4.78, 5) is 8.91. The maximum atomic E-state index is 8.63. The van der Waals surface area contributed by atoms with Crippen molar-refractivity contribution in [2.75, 3.05) is 0 Å². The lowest BCUT2D eigenvalue weighted by molar-refractivity contribution is 1.12. The van der Waals surface area contributed by atoms with Gasteiger partial charge in [0.2, 0.25) is 0 Å². The molecule has 0 saturated heterocycles. The summed E-state index contributed by atoms with van der Waals surface area (Å²) in [5, 5.41) is 81.8. The van der Waals surface area contributed by atoms with Crippen LogP contribution in [0.2, 0.25) is 0 Å². The molecule has 448 valence electrons. The van der Waals surface area contributed by atoms with Crippen LogP contribution in [0.5, 0.6) is 0 Å². The highest BCUT2D eigenvalue weighted by atomic mass is 32.1. The minimum atomic E-state index is 0.404. The minimum absolute atomic E-state index is 0.404. The van der Waals surface area contributed by atoms with Crippen molar-refractivity contribution in [3.05, 3.63) is 322 Å².